The van der Waals surface area contributed by atoms with Gasteiger partial charge in [0.05, 0.1) is 6.42 Å². The fourth-order valence-electron chi connectivity index (χ4n) is 3.22. The number of carbonyl (C=O) groups is 2. The number of nitrogens with zero attached hydrogens (tertiary/aromatic N) is 3. The second-order valence-corrected chi connectivity index (χ2v) is 6.95. The zero-order chi connectivity index (χ0) is 19.2. The van der Waals surface area contributed by atoms with Gasteiger partial charge in [-0.2, -0.15) is 0 Å². The smallest absolute Gasteiger partial charge is 0.244 e. The van der Waals surface area contributed by atoms with E-state index in [2.05, 4.69) is 15.2 Å². The molecule has 142 valence electrons. The number of amides is 2. The molecule has 1 N–H and O–H groups in total. The molecule has 3 rings (SSSR count). The summed E-state index contributed by atoms with van der Waals surface area (Å²) in [5.74, 6) is 0.767. The minimum atomic E-state index is -0.524. The molecule has 2 amide bonds. The Bertz CT molecular complexity index is 769. The maximum Gasteiger partial charge on any atom is 0.244 e. The summed E-state index contributed by atoms with van der Waals surface area (Å²) < 4.78 is 0. The van der Waals surface area contributed by atoms with Crippen LogP contribution in [0.2, 0.25) is 0 Å². The molecular weight excluding hydrogens is 340 g/mol. The lowest BCUT2D eigenvalue weighted by Gasteiger charge is -2.36. The Morgan fingerprint density at radius 2 is 1.78 bits per heavy atom. The van der Waals surface area contributed by atoms with E-state index in [1.165, 1.54) is 0 Å². The molecule has 0 spiro atoms. The standard InChI is InChI=1S/C21H26N4O2/c1-16-6-8-18(9-7-16)15-20(26)23-17(2)21(27)25-13-11-24(12-14-25)19-5-3-4-10-22-19/h3-10,17H,11-15H2,1-2H3,(H,23,26)/t17-/m0/s1. The summed E-state index contributed by atoms with van der Waals surface area (Å²) >= 11 is 0. The molecule has 6 heteroatoms. The Hall–Kier alpha value is -2.89. The summed E-state index contributed by atoms with van der Waals surface area (Å²) in [5, 5.41) is 2.83. The molecule has 1 aromatic heterocycles. The molecule has 1 atom stereocenters. The van der Waals surface area contributed by atoms with Crippen LogP contribution in [0.25, 0.3) is 0 Å². The van der Waals surface area contributed by atoms with Gasteiger partial charge < -0.3 is 15.1 Å². The Morgan fingerprint density at radius 1 is 1.07 bits per heavy atom. The molecule has 1 saturated heterocycles. The van der Waals surface area contributed by atoms with Crippen molar-refractivity contribution in [1.29, 1.82) is 0 Å². The van der Waals surface area contributed by atoms with Gasteiger partial charge in [-0.05, 0) is 31.5 Å². The van der Waals surface area contributed by atoms with E-state index in [1.54, 1.807) is 13.1 Å². The molecular formula is C21H26N4O2. The predicted octanol–water partition coefficient (Wildman–Crippen LogP) is 1.79. The van der Waals surface area contributed by atoms with E-state index in [4.69, 9.17) is 0 Å². The van der Waals surface area contributed by atoms with Crippen molar-refractivity contribution < 1.29 is 9.59 Å². The molecule has 1 aliphatic rings. The van der Waals surface area contributed by atoms with E-state index in [0.717, 1.165) is 30.0 Å². The van der Waals surface area contributed by atoms with Crippen molar-refractivity contribution >= 4 is 17.6 Å². The van der Waals surface area contributed by atoms with E-state index < -0.39 is 6.04 Å². The number of aryl methyl sites for hydroxylation is 1. The van der Waals surface area contributed by atoms with Crippen molar-refractivity contribution in [3.8, 4) is 0 Å². The van der Waals surface area contributed by atoms with Gasteiger partial charge in [0.2, 0.25) is 11.8 Å². The quantitative estimate of drug-likeness (QED) is 0.876. The van der Waals surface area contributed by atoms with Crippen molar-refractivity contribution in [2.45, 2.75) is 26.3 Å². The maximum atomic E-state index is 12.7. The fraction of sp³-hybridized carbons (Fsp3) is 0.381. The summed E-state index contributed by atoms with van der Waals surface area (Å²) in [6.45, 7) is 6.51. The summed E-state index contributed by atoms with van der Waals surface area (Å²) in [6, 6.07) is 13.2. The average molecular weight is 366 g/mol. The summed E-state index contributed by atoms with van der Waals surface area (Å²) in [4.78, 5) is 33.2. The number of hydrogen-bond acceptors (Lipinski definition) is 4. The molecule has 27 heavy (non-hydrogen) atoms. The Balaban J connectivity index is 1.47. The lowest BCUT2D eigenvalue weighted by molar-refractivity contribution is -0.136. The molecule has 1 fully saturated rings. The van der Waals surface area contributed by atoms with Gasteiger partial charge in [0, 0.05) is 32.4 Å². The number of benzene rings is 1. The molecule has 0 saturated carbocycles. The number of aromatic nitrogens is 1. The Kier molecular flexibility index (Phi) is 6.06. The largest absolute Gasteiger partial charge is 0.353 e. The van der Waals surface area contributed by atoms with Gasteiger partial charge in [-0.1, -0.05) is 35.9 Å². The first kappa shape index (κ1) is 18.9. The minimum Gasteiger partial charge on any atom is -0.353 e. The highest BCUT2D eigenvalue weighted by Crippen LogP contribution is 2.13. The second kappa shape index (κ2) is 8.66. The van der Waals surface area contributed by atoms with Crippen molar-refractivity contribution in [3.05, 3.63) is 59.8 Å². The molecule has 1 aliphatic heterocycles. The third kappa shape index (κ3) is 5.06. The third-order valence-corrected chi connectivity index (χ3v) is 4.80. The van der Waals surface area contributed by atoms with Crippen LogP contribution in [-0.4, -0.2) is 53.9 Å². The Morgan fingerprint density at radius 3 is 2.41 bits per heavy atom. The predicted molar refractivity (Wildman–Crippen MR) is 106 cm³/mol. The van der Waals surface area contributed by atoms with E-state index in [9.17, 15) is 9.59 Å². The number of anilines is 1. The van der Waals surface area contributed by atoms with Crippen molar-refractivity contribution in [2.24, 2.45) is 0 Å². The summed E-state index contributed by atoms with van der Waals surface area (Å²) in [5.41, 5.74) is 2.11. The normalized spacial score (nSPS) is 15.3. The number of piperazine rings is 1. The average Bonchev–Trinajstić information content (AvgIpc) is 2.70. The first-order valence-electron chi connectivity index (χ1n) is 9.32. The first-order chi connectivity index (χ1) is 13.0. The summed E-state index contributed by atoms with van der Waals surface area (Å²) in [7, 11) is 0. The second-order valence-electron chi connectivity index (χ2n) is 6.95. The van der Waals surface area contributed by atoms with Crippen LogP contribution in [0.5, 0.6) is 0 Å². The maximum absolute atomic E-state index is 12.7. The van der Waals surface area contributed by atoms with Crippen LogP contribution in [0.3, 0.4) is 0 Å². The monoisotopic (exact) mass is 366 g/mol. The van der Waals surface area contributed by atoms with Crippen LogP contribution in [0.1, 0.15) is 18.1 Å². The van der Waals surface area contributed by atoms with Gasteiger partial charge in [0.25, 0.3) is 0 Å². The van der Waals surface area contributed by atoms with E-state index in [0.29, 0.717) is 13.1 Å². The molecule has 6 nitrogen and oxygen atoms in total. The van der Waals surface area contributed by atoms with Crippen molar-refractivity contribution in [1.82, 2.24) is 15.2 Å². The van der Waals surface area contributed by atoms with Gasteiger partial charge in [-0.3, -0.25) is 9.59 Å². The van der Waals surface area contributed by atoms with Crippen LogP contribution in [0.4, 0.5) is 5.82 Å². The number of nitrogens with one attached hydrogen (secondary N) is 1. The van der Waals surface area contributed by atoms with Gasteiger partial charge in [-0.15, -0.1) is 0 Å². The highest BCUT2D eigenvalue weighted by molar-refractivity contribution is 5.88. The van der Waals surface area contributed by atoms with Gasteiger partial charge >= 0.3 is 0 Å². The SMILES string of the molecule is Cc1ccc(CC(=O)N[C@@H](C)C(=O)N2CCN(c3ccccn3)CC2)cc1. The minimum absolute atomic E-state index is 0.0343. The zero-order valence-electron chi connectivity index (χ0n) is 15.9. The highest BCUT2D eigenvalue weighted by atomic mass is 16.2. The van der Waals surface area contributed by atoms with Crippen LogP contribution in [0.15, 0.2) is 48.7 Å². The molecule has 0 aliphatic carbocycles. The summed E-state index contributed by atoms with van der Waals surface area (Å²) in [6.07, 6.45) is 2.06. The van der Waals surface area contributed by atoms with E-state index in [-0.39, 0.29) is 18.2 Å². The number of carbonyl (C=O) groups excluding carboxylic acids is 2. The van der Waals surface area contributed by atoms with E-state index in [1.807, 2.05) is 54.3 Å². The van der Waals surface area contributed by atoms with Crippen molar-refractivity contribution in [2.75, 3.05) is 31.1 Å². The zero-order valence-corrected chi connectivity index (χ0v) is 15.9. The molecule has 1 aromatic carbocycles. The molecule has 2 aromatic rings. The molecule has 0 radical (unpaired) electrons. The fourth-order valence-corrected chi connectivity index (χ4v) is 3.22. The van der Waals surface area contributed by atoms with E-state index >= 15 is 0 Å². The number of rotatable bonds is 5. The lowest BCUT2D eigenvalue weighted by Crippen LogP contribution is -2.54. The topological polar surface area (TPSA) is 65.5 Å². The Labute approximate surface area is 160 Å². The van der Waals surface area contributed by atoms with Crippen molar-refractivity contribution in [3.63, 3.8) is 0 Å². The highest BCUT2D eigenvalue weighted by Gasteiger charge is 2.26. The van der Waals surface area contributed by atoms with Gasteiger partial charge in [0.15, 0.2) is 0 Å². The van der Waals surface area contributed by atoms with Crippen LogP contribution in [-0.2, 0) is 16.0 Å². The van der Waals surface area contributed by atoms with Crippen LogP contribution >= 0.6 is 0 Å². The number of hydrogen-bond donors (Lipinski definition) is 1. The molecule has 0 unspecified atom stereocenters. The van der Waals surface area contributed by atoms with Crippen LogP contribution in [0, 0.1) is 6.92 Å². The third-order valence-electron chi connectivity index (χ3n) is 4.80. The van der Waals surface area contributed by atoms with Gasteiger partial charge in [0.1, 0.15) is 11.9 Å². The molecule has 2 heterocycles. The van der Waals surface area contributed by atoms with Crippen LogP contribution < -0.4 is 10.2 Å². The first-order valence-corrected chi connectivity index (χ1v) is 9.32. The molecule has 0 bridgehead atoms. The van der Waals surface area contributed by atoms with Gasteiger partial charge in [-0.25, -0.2) is 4.98 Å². The lowest BCUT2D eigenvalue weighted by atomic mass is 10.1. The number of pyridine rings is 1.